The summed E-state index contributed by atoms with van der Waals surface area (Å²) in [6.07, 6.45) is 2.96. The fraction of sp³-hybridized carbons (Fsp3) is 0.167. The predicted molar refractivity (Wildman–Crippen MR) is 92.0 cm³/mol. The van der Waals surface area contributed by atoms with Gasteiger partial charge < -0.3 is 14.2 Å². The first kappa shape index (κ1) is 18.2. The van der Waals surface area contributed by atoms with Crippen molar-refractivity contribution in [2.45, 2.75) is 0 Å². The first-order valence-electron chi connectivity index (χ1n) is 7.32. The van der Waals surface area contributed by atoms with Crippen molar-refractivity contribution < 1.29 is 23.9 Å². The van der Waals surface area contributed by atoms with Crippen LogP contribution in [0.25, 0.3) is 6.08 Å². The van der Waals surface area contributed by atoms with Gasteiger partial charge >= 0.3 is 0 Å². The molecule has 2 aromatic carbocycles. The summed E-state index contributed by atoms with van der Waals surface area (Å²) in [6.45, 7) is -0.000482. The number of ketones is 1. The second-order valence-electron chi connectivity index (χ2n) is 4.96. The molecule has 0 N–H and O–H groups in total. The van der Waals surface area contributed by atoms with E-state index in [9.17, 15) is 14.9 Å². The van der Waals surface area contributed by atoms with Crippen LogP contribution in [0.1, 0.15) is 15.9 Å². The summed E-state index contributed by atoms with van der Waals surface area (Å²) in [5, 5.41) is 10.6. The molecule has 0 saturated carbocycles. The highest BCUT2D eigenvalue weighted by Crippen LogP contribution is 2.26. The third-order valence-electron chi connectivity index (χ3n) is 3.32. The van der Waals surface area contributed by atoms with Gasteiger partial charge in [-0.05, 0) is 35.9 Å². The first-order valence-corrected chi connectivity index (χ1v) is 7.32. The Balaban J connectivity index is 2.20. The van der Waals surface area contributed by atoms with Crippen LogP contribution in [0.3, 0.4) is 0 Å². The molecule has 7 heteroatoms. The lowest BCUT2D eigenvalue weighted by Gasteiger charge is -2.10. The van der Waals surface area contributed by atoms with Crippen LogP contribution in [-0.4, -0.2) is 31.7 Å². The number of hydrogen-bond acceptors (Lipinski definition) is 6. The van der Waals surface area contributed by atoms with Crippen LogP contribution in [0, 0.1) is 10.1 Å². The lowest BCUT2D eigenvalue weighted by molar-refractivity contribution is -0.384. The molecule has 0 aliphatic rings. The number of carbonyl (C=O) groups excluding carboxylic acids is 1. The molecule has 0 spiro atoms. The van der Waals surface area contributed by atoms with E-state index in [0.29, 0.717) is 22.6 Å². The number of nitrogens with zero attached hydrogens (tertiary/aromatic N) is 1. The van der Waals surface area contributed by atoms with Crippen molar-refractivity contribution >= 4 is 17.5 Å². The molecule has 130 valence electrons. The van der Waals surface area contributed by atoms with E-state index in [0.717, 1.165) is 0 Å². The lowest BCUT2D eigenvalue weighted by Crippen LogP contribution is -2.05. The highest BCUT2D eigenvalue weighted by atomic mass is 16.7. The Hall–Kier alpha value is -3.19. The minimum Gasteiger partial charge on any atom is -0.497 e. The Morgan fingerprint density at radius 1 is 1.16 bits per heavy atom. The summed E-state index contributed by atoms with van der Waals surface area (Å²) >= 11 is 0. The highest BCUT2D eigenvalue weighted by molar-refractivity contribution is 6.08. The van der Waals surface area contributed by atoms with E-state index in [1.807, 2.05) is 0 Å². The fourth-order valence-electron chi connectivity index (χ4n) is 2.04. The number of nitro groups is 1. The number of nitro benzene ring substituents is 1. The second kappa shape index (κ2) is 8.60. The predicted octanol–water partition coefficient (Wildman–Crippen LogP) is 3.48. The standard InChI is InChI=1S/C18H17NO6/c1-23-12-25-18-11-15(24-2)8-9-16(18)17(20)10-5-13-3-6-14(7-4-13)19(21)22/h3-11H,12H2,1-2H3/b10-5+. The van der Waals surface area contributed by atoms with E-state index in [1.165, 1.54) is 32.4 Å². The van der Waals surface area contributed by atoms with Crippen molar-refractivity contribution in [3.63, 3.8) is 0 Å². The molecule has 0 saturated heterocycles. The number of ether oxygens (including phenoxy) is 3. The molecule has 0 aliphatic heterocycles. The van der Waals surface area contributed by atoms with Crippen LogP contribution in [0.15, 0.2) is 48.5 Å². The maximum absolute atomic E-state index is 12.4. The number of allylic oxidation sites excluding steroid dienone is 1. The molecule has 0 aromatic heterocycles. The molecule has 7 nitrogen and oxygen atoms in total. The normalized spacial score (nSPS) is 10.6. The van der Waals surface area contributed by atoms with Crippen molar-refractivity contribution in [3.05, 3.63) is 69.8 Å². The van der Waals surface area contributed by atoms with E-state index < -0.39 is 4.92 Å². The van der Waals surface area contributed by atoms with Gasteiger partial charge in [-0.15, -0.1) is 0 Å². The van der Waals surface area contributed by atoms with E-state index in [4.69, 9.17) is 14.2 Å². The van der Waals surface area contributed by atoms with Gasteiger partial charge in [0.15, 0.2) is 12.6 Å². The first-order chi connectivity index (χ1) is 12.0. The minimum absolute atomic E-state index is 0.000482. The van der Waals surface area contributed by atoms with Gasteiger partial charge in [0.2, 0.25) is 0 Å². The second-order valence-corrected chi connectivity index (χ2v) is 4.96. The van der Waals surface area contributed by atoms with Gasteiger partial charge in [-0.25, -0.2) is 0 Å². The molecule has 2 rings (SSSR count). The molecule has 2 aromatic rings. The Morgan fingerprint density at radius 2 is 1.88 bits per heavy atom. The van der Waals surface area contributed by atoms with Gasteiger partial charge in [0.1, 0.15) is 11.5 Å². The van der Waals surface area contributed by atoms with Crippen LogP contribution in [0.5, 0.6) is 11.5 Å². The van der Waals surface area contributed by atoms with Gasteiger partial charge in [-0.1, -0.05) is 6.08 Å². The quantitative estimate of drug-likeness (QED) is 0.240. The van der Waals surface area contributed by atoms with Crippen LogP contribution >= 0.6 is 0 Å². The van der Waals surface area contributed by atoms with Crippen molar-refractivity contribution in [3.8, 4) is 11.5 Å². The van der Waals surface area contributed by atoms with E-state index >= 15 is 0 Å². The number of carbonyl (C=O) groups is 1. The summed E-state index contributed by atoms with van der Waals surface area (Å²) < 4.78 is 15.4. The molecule has 0 radical (unpaired) electrons. The average Bonchev–Trinajstić information content (AvgIpc) is 2.64. The van der Waals surface area contributed by atoms with Crippen LogP contribution in [0.4, 0.5) is 5.69 Å². The molecular weight excluding hydrogens is 326 g/mol. The number of hydrogen-bond donors (Lipinski definition) is 0. The summed E-state index contributed by atoms with van der Waals surface area (Å²) in [7, 11) is 3.00. The van der Waals surface area contributed by atoms with E-state index in [2.05, 4.69) is 0 Å². The Labute approximate surface area is 144 Å². The molecule has 0 atom stereocenters. The topological polar surface area (TPSA) is 87.9 Å². The maximum Gasteiger partial charge on any atom is 0.269 e. The number of non-ortho nitro benzene ring substituents is 1. The van der Waals surface area contributed by atoms with Gasteiger partial charge in [-0.2, -0.15) is 0 Å². The van der Waals surface area contributed by atoms with Crippen LogP contribution in [-0.2, 0) is 4.74 Å². The molecule has 25 heavy (non-hydrogen) atoms. The highest BCUT2D eigenvalue weighted by Gasteiger charge is 2.12. The van der Waals surface area contributed by atoms with Gasteiger partial charge in [0, 0.05) is 25.3 Å². The summed E-state index contributed by atoms with van der Waals surface area (Å²) in [5.74, 6) is 0.633. The Bertz CT molecular complexity index is 783. The molecule has 0 aliphatic carbocycles. The van der Waals surface area contributed by atoms with Gasteiger partial charge in [0.25, 0.3) is 5.69 Å². The SMILES string of the molecule is COCOc1cc(OC)ccc1C(=O)/C=C/c1ccc([N+](=O)[O-])cc1. The van der Waals surface area contributed by atoms with E-state index in [1.54, 1.807) is 36.4 Å². The smallest absolute Gasteiger partial charge is 0.269 e. The molecule has 0 bridgehead atoms. The monoisotopic (exact) mass is 343 g/mol. The number of rotatable bonds is 8. The molecule has 0 heterocycles. The zero-order valence-corrected chi connectivity index (χ0v) is 13.8. The van der Waals surface area contributed by atoms with Crippen molar-refractivity contribution in [2.24, 2.45) is 0 Å². The number of benzene rings is 2. The lowest BCUT2D eigenvalue weighted by atomic mass is 10.1. The summed E-state index contributed by atoms with van der Waals surface area (Å²) in [4.78, 5) is 22.6. The fourth-order valence-corrected chi connectivity index (χ4v) is 2.04. The van der Waals surface area contributed by atoms with Crippen molar-refractivity contribution in [1.29, 1.82) is 0 Å². The van der Waals surface area contributed by atoms with Crippen LogP contribution < -0.4 is 9.47 Å². The summed E-state index contributed by atoms with van der Waals surface area (Å²) in [6, 6.07) is 10.8. The molecule has 0 amide bonds. The van der Waals surface area contributed by atoms with Gasteiger partial charge in [-0.3, -0.25) is 14.9 Å². The van der Waals surface area contributed by atoms with Crippen molar-refractivity contribution in [2.75, 3.05) is 21.0 Å². The molecule has 0 fully saturated rings. The Kier molecular flexibility index (Phi) is 6.25. The van der Waals surface area contributed by atoms with E-state index in [-0.39, 0.29) is 18.3 Å². The molecule has 0 unspecified atom stereocenters. The van der Waals surface area contributed by atoms with Crippen molar-refractivity contribution in [1.82, 2.24) is 0 Å². The van der Waals surface area contributed by atoms with Gasteiger partial charge in [0.05, 0.1) is 17.6 Å². The van der Waals surface area contributed by atoms with Crippen LogP contribution in [0.2, 0.25) is 0 Å². The zero-order chi connectivity index (χ0) is 18.2. The minimum atomic E-state index is -0.477. The third kappa shape index (κ3) is 4.89. The average molecular weight is 343 g/mol. The number of methoxy groups -OCH3 is 2. The summed E-state index contributed by atoms with van der Waals surface area (Å²) in [5.41, 5.74) is 1.02. The maximum atomic E-state index is 12.4. The molecular formula is C18H17NO6. The zero-order valence-electron chi connectivity index (χ0n) is 13.8. The largest absolute Gasteiger partial charge is 0.497 e. The Morgan fingerprint density at radius 3 is 2.48 bits per heavy atom. The third-order valence-corrected chi connectivity index (χ3v) is 3.32.